The minimum Gasteiger partial charge on any atom is -0.477 e. The van der Waals surface area contributed by atoms with E-state index in [-0.39, 0.29) is 42.8 Å². The number of ketones is 1. The maximum Gasteiger partial charge on any atom is 0.341 e. The van der Waals surface area contributed by atoms with Gasteiger partial charge in [0.25, 0.3) is 0 Å². The molecular formula is C22H23F3N4O5. The van der Waals surface area contributed by atoms with Crippen molar-refractivity contribution in [2.24, 2.45) is 16.8 Å². The Hall–Kier alpha value is -3.41. The Morgan fingerprint density at radius 2 is 2.06 bits per heavy atom. The van der Waals surface area contributed by atoms with Crippen LogP contribution in [0.2, 0.25) is 0 Å². The fraction of sp³-hybridized carbons (Fsp3) is 0.455. The smallest absolute Gasteiger partial charge is 0.341 e. The number of hydrogen-bond acceptors (Lipinski definition) is 7. The van der Waals surface area contributed by atoms with Gasteiger partial charge in [-0.25, -0.2) is 18.0 Å². The summed E-state index contributed by atoms with van der Waals surface area (Å²) in [7, 11) is 1.37. The van der Waals surface area contributed by atoms with E-state index in [0.29, 0.717) is 25.0 Å². The highest BCUT2D eigenvalue weighted by molar-refractivity contribution is 6.14. The first kappa shape index (κ1) is 23.7. The largest absolute Gasteiger partial charge is 0.477 e. The number of carbonyl (C=O) groups excluding carboxylic acids is 1. The van der Waals surface area contributed by atoms with Gasteiger partial charge in [0.15, 0.2) is 0 Å². The molecule has 1 aromatic heterocycles. The summed E-state index contributed by atoms with van der Waals surface area (Å²) in [4.78, 5) is 43.5. The van der Waals surface area contributed by atoms with Crippen LogP contribution < -0.4 is 16.1 Å². The molecule has 12 heteroatoms. The number of halogens is 3. The van der Waals surface area contributed by atoms with Gasteiger partial charge in [0.2, 0.25) is 11.2 Å². The number of fused-ring (bicyclic) bond motifs is 1. The molecule has 2 heterocycles. The van der Waals surface area contributed by atoms with Gasteiger partial charge in [0, 0.05) is 44.2 Å². The summed E-state index contributed by atoms with van der Waals surface area (Å²) in [6, 6.07) is 0.541. The van der Waals surface area contributed by atoms with Crippen LogP contribution in [0.5, 0.6) is 0 Å². The average molecular weight is 480 g/mol. The molecule has 9 nitrogen and oxygen atoms in total. The van der Waals surface area contributed by atoms with Crippen LogP contribution in [0, 0.1) is 11.7 Å². The second-order valence-electron chi connectivity index (χ2n) is 8.35. The summed E-state index contributed by atoms with van der Waals surface area (Å²) in [5.74, 6) is -4.61. The molecule has 0 radical (unpaired) electrons. The van der Waals surface area contributed by atoms with Crippen molar-refractivity contribution < 1.29 is 32.7 Å². The van der Waals surface area contributed by atoms with Gasteiger partial charge >= 0.3 is 12.4 Å². The Balaban J connectivity index is 2.02. The lowest BCUT2D eigenvalue weighted by Crippen LogP contribution is -2.45. The topological polar surface area (TPSA) is 127 Å². The number of carboxylic acids is 1. The summed E-state index contributed by atoms with van der Waals surface area (Å²) in [5.41, 5.74) is 3.63. The molecule has 1 saturated carbocycles. The van der Waals surface area contributed by atoms with Crippen molar-refractivity contribution in [3.63, 3.8) is 0 Å². The van der Waals surface area contributed by atoms with Crippen LogP contribution in [0.15, 0.2) is 22.2 Å². The SMILES string of the molecule is CO/N=C1\CCN(c2c(F)cc3c(=O)c(C(=O)O)cn(C4CC4)c3c2C(=O)C(F)F)CC1CN. The Morgan fingerprint density at radius 1 is 1.35 bits per heavy atom. The number of oxime groups is 1. The van der Waals surface area contributed by atoms with Gasteiger partial charge in [-0.05, 0) is 18.9 Å². The van der Waals surface area contributed by atoms with E-state index < -0.39 is 45.9 Å². The molecule has 2 aromatic rings. The third kappa shape index (κ3) is 4.02. The van der Waals surface area contributed by atoms with Gasteiger partial charge in [0.05, 0.1) is 27.9 Å². The molecular weight excluding hydrogens is 457 g/mol. The predicted molar refractivity (Wildman–Crippen MR) is 118 cm³/mol. The van der Waals surface area contributed by atoms with Gasteiger partial charge in [-0.3, -0.25) is 9.59 Å². The van der Waals surface area contributed by atoms with Crippen molar-refractivity contribution in [1.29, 1.82) is 0 Å². The van der Waals surface area contributed by atoms with E-state index in [4.69, 9.17) is 10.6 Å². The molecule has 34 heavy (non-hydrogen) atoms. The molecule has 1 aromatic carbocycles. The van der Waals surface area contributed by atoms with Crippen molar-refractivity contribution in [1.82, 2.24) is 4.57 Å². The second kappa shape index (κ2) is 9.09. The number of piperidine rings is 1. The van der Waals surface area contributed by atoms with Crippen LogP contribution in [0.25, 0.3) is 10.9 Å². The molecule has 0 bridgehead atoms. The molecule has 1 aliphatic carbocycles. The monoisotopic (exact) mass is 480 g/mol. The fourth-order valence-corrected chi connectivity index (χ4v) is 4.49. The van der Waals surface area contributed by atoms with Crippen LogP contribution in [-0.2, 0) is 4.84 Å². The number of carbonyl (C=O) groups is 2. The summed E-state index contributed by atoms with van der Waals surface area (Å²) < 4.78 is 44.4. The van der Waals surface area contributed by atoms with Crippen LogP contribution in [0.4, 0.5) is 18.9 Å². The average Bonchev–Trinajstić information content (AvgIpc) is 3.64. The summed E-state index contributed by atoms with van der Waals surface area (Å²) in [6.07, 6.45) is -0.921. The van der Waals surface area contributed by atoms with E-state index >= 15 is 4.39 Å². The van der Waals surface area contributed by atoms with E-state index in [9.17, 15) is 28.3 Å². The number of aromatic nitrogens is 1. The van der Waals surface area contributed by atoms with Crippen molar-refractivity contribution in [3.8, 4) is 0 Å². The molecule has 2 fully saturated rings. The summed E-state index contributed by atoms with van der Waals surface area (Å²) in [6.45, 7) is 0.359. The normalized spacial score (nSPS) is 19.8. The second-order valence-corrected chi connectivity index (χ2v) is 8.35. The number of anilines is 1. The number of nitrogens with two attached hydrogens (primary N) is 1. The molecule has 1 saturated heterocycles. The number of Topliss-reactive ketones (excluding diaryl/α,β-unsaturated/α-hetero) is 1. The van der Waals surface area contributed by atoms with Crippen LogP contribution in [-0.4, -0.2) is 60.3 Å². The molecule has 4 rings (SSSR count). The number of rotatable bonds is 7. The third-order valence-corrected chi connectivity index (χ3v) is 6.22. The zero-order valence-electron chi connectivity index (χ0n) is 18.3. The van der Waals surface area contributed by atoms with Crippen LogP contribution in [0.3, 0.4) is 0 Å². The van der Waals surface area contributed by atoms with E-state index in [1.54, 1.807) is 0 Å². The maximum absolute atomic E-state index is 15.5. The first-order chi connectivity index (χ1) is 16.2. The molecule has 1 aliphatic heterocycles. The van der Waals surface area contributed by atoms with E-state index in [2.05, 4.69) is 5.16 Å². The number of nitrogens with zero attached hydrogens (tertiary/aromatic N) is 3. The number of pyridine rings is 1. The molecule has 2 aliphatic rings. The maximum atomic E-state index is 15.5. The number of aromatic carboxylic acids is 1. The number of benzene rings is 1. The van der Waals surface area contributed by atoms with Crippen molar-refractivity contribution in [3.05, 3.63) is 39.4 Å². The lowest BCUT2D eigenvalue weighted by molar-refractivity contribution is 0.0679. The zero-order valence-corrected chi connectivity index (χ0v) is 18.3. The summed E-state index contributed by atoms with van der Waals surface area (Å²) in [5, 5.41) is 12.9. The Morgan fingerprint density at radius 3 is 2.62 bits per heavy atom. The number of carboxylic acid groups (broad SMARTS) is 1. The minimum absolute atomic E-state index is 0.0888. The standard InChI is InChI=1S/C22H23F3N4O5/c1-34-27-15-4-5-28(8-10(15)7-26)18-14(23)6-12-17(16(18)20(31)21(24)25)29(11-2-3-11)9-13(19(12)30)22(32)33/h6,9-11,21H,2-5,7-8,26H2,1H3,(H,32,33)/b27-15+. The van der Waals surface area contributed by atoms with Gasteiger partial charge in [-0.2, -0.15) is 0 Å². The molecule has 0 spiro atoms. The molecule has 1 unspecified atom stereocenters. The van der Waals surface area contributed by atoms with Gasteiger partial charge in [0.1, 0.15) is 18.5 Å². The first-order valence-corrected chi connectivity index (χ1v) is 10.7. The highest BCUT2D eigenvalue weighted by atomic mass is 19.3. The fourth-order valence-electron chi connectivity index (χ4n) is 4.49. The number of hydrogen-bond donors (Lipinski definition) is 2. The highest BCUT2D eigenvalue weighted by Gasteiger charge is 2.36. The summed E-state index contributed by atoms with van der Waals surface area (Å²) >= 11 is 0. The van der Waals surface area contributed by atoms with Crippen molar-refractivity contribution >= 4 is 34.1 Å². The molecule has 0 amide bonds. The molecule has 1 atom stereocenters. The first-order valence-electron chi connectivity index (χ1n) is 10.7. The number of alkyl halides is 2. The van der Waals surface area contributed by atoms with Crippen molar-refractivity contribution in [2.45, 2.75) is 31.7 Å². The Labute approximate surface area is 191 Å². The Kier molecular flexibility index (Phi) is 6.34. The quantitative estimate of drug-likeness (QED) is 0.460. The molecule has 182 valence electrons. The van der Waals surface area contributed by atoms with E-state index in [1.807, 2.05) is 0 Å². The van der Waals surface area contributed by atoms with Crippen molar-refractivity contribution in [2.75, 3.05) is 31.6 Å². The van der Waals surface area contributed by atoms with Crippen LogP contribution >= 0.6 is 0 Å². The minimum atomic E-state index is -3.47. The van der Waals surface area contributed by atoms with Gasteiger partial charge < -0.3 is 25.1 Å². The van der Waals surface area contributed by atoms with Gasteiger partial charge in [-0.1, -0.05) is 5.16 Å². The lowest BCUT2D eigenvalue weighted by atomic mass is 9.93. The highest BCUT2D eigenvalue weighted by Crippen LogP contribution is 2.41. The zero-order chi connectivity index (χ0) is 24.7. The predicted octanol–water partition coefficient (Wildman–Crippen LogP) is 2.41. The Bertz CT molecular complexity index is 1260. The third-order valence-electron chi connectivity index (χ3n) is 6.22. The van der Waals surface area contributed by atoms with E-state index in [0.717, 1.165) is 12.3 Å². The van der Waals surface area contributed by atoms with Crippen LogP contribution in [0.1, 0.15) is 46.0 Å². The van der Waals surface area contributed by atoms with Gasteiger partial charge in [-0.15, -0.1) is 0 Å². The molecule has 3 N–H and O–H groups in total. The lowest BCUT2D eigenvalue weighted by Gasteiger charge is -2.36. The van der Waals surface area contributed by atoms with E-state index in [1.165, 1.54) is 16.6 Å².